The Balaban J connectivity index is 2.17. The average Bonchev–Trinajstić information content (AvgIpc) is 2.59. The Morgan fingerprint density at radius 1 is 1.42 bits per heavy atom. The third-order valence-corrected chi connectivity index (χ3v) is 2.22. The third kappa shape index (κ3) is 1.68. The van der Waals surface area contributed by atoms with E-state index in [0.717, 1.165) is 10.7 Å². The number of rotatable bonds is 1. The van der Waals surface area contributed by atoms with Crippen molar-refractivity contribution in [3.8, 4) is 0 Å². The fourth-order valence-electron chi connectivity index (χ4n) is 0.929. The molecule has 0 radical (unpaired) electrons. The molecule has 1 aromatic heterocycles. The van der Waals surface area contributed by atoms with Crippen molar-refractivity contribution in [3.63, 3.8) is 0 Å². The van der Waals surface area contributed by atoms with E-state index >= 15 is 0 Å². The van der Waals surface area contributed by atoms with Gasteiger partial charge in [0.15, 0.2) is 0 Å². The zero-order chi connectivity index (χ0) is 8.23. The number of nitrogens with zero attached hydrogens (tertiary/aromatic N) is 1. The molecule has 0 amide bonds. The van der Waals surface area contributed by atoms with Crippen LogP contribution in [-0.2, 0) is 0 Å². The molecule has 2 nitrogen and oxygen atoms in total. The molecule has 0 bridgehead atoms. The van der Waals surface area contributed by atoms with E-state index in [-0.39, 0.29) is 0 Å². The van der Waals surface area contributed by atoms with Crippen LogP contribution < -0.4 is 5.32 Å². The monoisotopic (exact) mass is 176 g/mol. The van der Waals surface area contributed by atoms with Crippen LogP contribution in [0.5, 0.6) is 0 Å². The van der Waals surface area contributed by atoms with Crippen molar-refractivity contribution < 1.29 is 0 Å². The Bertz CT molecular complexity index is 307. The van der Waals surface area contributed by atoms with Crippen LogP contribution >= 0.6 is 11.8 Å². The van der Waals surface area contributed by atoms with Crippen molar-refractivity contribution in [1.29, 1.82) is 0 Å². The second-order valence-electron chi connectivity index (χ2n) is 2.33. The van der Waals surface area contributed by atoms with Crippen LogP contribution in [0.4, 0.5) is 0 Å². The zero-order valence-corrected chi connectivity index (χ0v) is 7.21. The van der Waals surface area contributed by atoms with E-state index in [0.29, 0.717) is 0 Å². The van der Waals surface area contributed by atoms with Gasteiger partial charge >= 0.3 is 0 Å². The molecule has 0 aromatic carbocycles. The lowest BCUT2D eigenvalue weighted by Gasteiger charge is -1.95. The van der Waals surface area contributed by atoms with Crippen LogP contribution in [-0.4, -0.2) is 4.98 Å². The highest BCUT2D eigenvalue weighted by atomic mass is 32.2. The van der Waals surface area contributed by atoms with Crippen molar-refractivity contribution in [1.82, 2.24) is 10.3 Å². The molecule has 60 valence electrons. The first kappa shape index (κ1) is 7.43. The molecule has 2 rings (SSSR count). The summed E-state index contributed by atoms with van der Waals surface area (Å²) in [6, 6.07) is 5.87. The van der Waals surface area contributed by atoms with Crippen LogP contribution in [0.1, 0.15) is 5.69 Å². The molecule has 12 heavy (non-hydrogen) atoms. The van der Waals surface area contributed by atoms with Crippen molar-refractivity contribution in [2.75, 3.05) is 0 Å². The summed E-state index contributed by atoms with van der Waals surface area (Å²) in [7, 11) is 0. The van der Waals surface area contributed by atoms with Crippen molar-refractivity contribution in [2.45, 2.75) is 0 Å². The lowest BCUT2D eigenvalue weighted by atomic mass is 10.3. The van der Waals surface area contributed by atoms with E-state index < -0.39 is 0 Å². The fourth-order valence-corrected chi connectivity index (χ4v) is 1.54. The molecule has 0 spiro atoms. The molecule has 0 saturated carbocycles. The molecule has 3 heteroatoms. The molecule has 0 aliphatic carbocycles. The van der Waals surface area contributed by atoms with Gasteiger partial charge in [-0.05, 0) is 23.6 Å². The molecule has 2 heterocycles. The van der Waals surface area contributed by atoms with Gasteiger partial charge in [0.05, 0.1) is 10.7 Å². The van der Waals surface area contributed by atoms with Gasteiger partial charge in [0.2, 0.25) is 0 Å². The number of hydrogen-bond acceptors (Lipinski definition) is 3. The molecule has 0 saturated heterocycles. The van der Waals surface area contributed by atoms with E-state index in [1.54, 1.807) is 18.0 Å². The van der Waals surface area contributed by atoms with E-state index in [1.165, 1.54) is 0 Å². The van der Waals surface area contributed by atoms with Crippen LogP contribution in [0.2, 0.25) is 0 Å². The smallest absolute Gasteiger partial charge is 0.0785 e. The summed E-state index contributed by atoms with van der Waals surface area (Å²) in [6.45, 7) is 0. The molecular formula is C9H8N2S. The van der Waals surface area contributed by atoms with Gasteiger partial charge in [-0.3, -0.25) is 4.98 Å². The number of thioether (sulfide) groups is 1. The first-order valence-corrected chi connectivity index (χ1v) is 4.54. The SMILES string of the molecule is C1=CS/C(=C/c2ccccn2)N1. The van der Waals surface area contributed by atoms with E-state index in [1.807, 2.05) is 35.9 Å². The van der Waals surface area contributed by atoms with Gasteiger partial charge in [0, 0.05) is 12.4 Å². The van der Waals surface area contributed by atoms with Gasteiger partial charge in [-0.2, -0.15) is 0 Å². The Hall–Kier alpha value is -1.22. The summed E-state index contributed by atoms with van der Waals surface area (Å²) in [5.41, 5.74) is 0.983. The Kier molecular flexibility index (Phi) is 2.14. The highest BCUT2D eigenvalue weighted by molar-refractivity contribution is 8.06. The Morgan fingerprint density at radius 3 is 3.08 bits per heavy atom. The molecule has 1 aliphatic heterocycles. The number of aromatic nitrogens is 1. The molecule has 0 fully saturated rings. The summed E-state index contributed by atoms with van der Waals surface area (Å²) >= 11 is 1.67. The van der Waals surface area contributed by atoms with Crippen LogP contribution in [0.25, 0.3) is 6.08 Å². The fraction of sp³-hybridized carbons (Fsp3) is 0. The minimum absolute atomic E-state index is 0.983. The molecule has 1 aliphatic rings. The number of nitrogens with one attached hydrogen (secondary N) is 1. The Morgan fingerprint density at radius 2 is 2.42 bits per heavy atom. The number of hydrogen-bond donors (Lipinski definition) is 1. The van der Waals surface area contributed by atoms with E-state index in [2.05, 4.69) is 10.3 Å². The first-order chi connectivity index (χ1) is 5.95. The van der Waals surface area contributed by atoms with Gasteiger partial charge in [-0.25, -0.2) is 0 Å². The molecule has 1 aromatic rings. The van der Waals surface area contributed by atoms with Crippen LogP contribution in [0.3, 0.4) is 0 Å². The molecule has 0 atom stereocenters. The maximum atomic E-state index is 4.18. The summed E-state index contributed by atoms with van der Waals surface area (Å²) in [5, 5.41) is 6.24. The maximum absolute atomic E-state index is 4.18. The second kappa shape index (κ2) is 3.45. The van der Waals surface area contributed by atoms with Crippen LogP contribution in [0.15, 0.2) is 41.0 Å². The largest absolute Gasteiger partial charge is 0.356 e. The summed E-state index contributed by atoms with van der Waals surface area (Å²) in [5.74, 6) is 0. The highest BCUT2D eigenvalue weighted by Gasteiger charge is 1.98. The zero-order valence-electron chi connectivity index (χ0n) is 6.40. The van der Waals surface area contributed by atoms with Gasteiger partial charge < -0.3 is 5.32 Å². The quantitative estimate of drug-likeness (QED) is 0.710. The lowest BCUT2D eigenvalue weighted by molar-refractivity contribution is 1.19. The summed E-state index contributed by atoms with van der Waals surface area (Å²) < 4.78 is 0. The van der Waals surface area contributed by atoms with E-state index in [9.17, 15) is 0 Å². The first-order valence-electron chi connectivity index (χ1n) is 3.66. The average molecular weight is 176 g/mol. The molecule has 1 N–H and O–H groups in total. The predicted molar refractivity (Wildman–Crippen MR) is 52.1 cm³/mol. The normalized spacial score (nSPS) is 18.2. The number of pyridine rings is 1. The summed E-state index contributed by atoms with van der Waals surface area (Å²) in [6.07, 6.45) is 5.73. The van der Waals surface area contributed by atoms with Gasteiger partial charge in [0.1, 0.15) is 0 Å². The lowest BCUT2D eigenvalue weighted by Crippen LogP contribution is -1.94. The Labute approximate surface area is 75.4 Å². The van der Waals surface area contributed by atoms with Gasteiger partial charge in [0.25, 0.3) is 0 Å². The van der Waals surface area contributed by atoms with Crippen molar-refractivity contribution in [3.05, 3.63) is 46.7 Å². The van der Waals surface area contributed by atoms with Gasteiger partial charge in [-0.15, -0.1) is 0 Å². The summed E-state index contributed by atoms with van der Waals surface area (Å²) in [4.78, 5) is 4.18. The van der Waals surface area contributed by atoms with E-state index in [4.69, 9.17) is 0 Å². The minimum atomic E-state index is 0.983. The highest BCUT2D eigenvalue weighted by Crippen LogP contribution is 2.20. The molecule has 0 unspecified atom stereocenters. The van der Waals surface area contributed by atoms with Crippen molar-refractivity contribution >= 4 is 17.8 Å². The topological polar surface area (TPSA) is 24.9 Å². The molecular weight excluding hydrogens is 168 g/mol. The predicted octanol–water partition coefficient (Wildman–Crippen LogP) is 2.19. The third-order valence-electron chi connectivity index (χ3n) is 1.46. The van der Waals surface area contributed by atoms with Crippen molar-refractivity contribution in [2.24, 2.45) is 0 Å². The van der Waals surface area contributed by atoms with Gasteiger partial charge in [-0.1, -0.05) is 17.8 Å². The standard InChI is InChI=1S/C9H8N2S/c1-2-4-10-8(3-1)7-9-11-5-6-12-9/h1-7,11H/b9-7+. The maximum Gasteiger partial charge on any atom is 0.0785 e. The minimum Gasteiger partial charge on any atom is -0.356 e. The second-order valence-corrected chi connectivity index (χ2v) is 3.28. The van der Waals surface area contributed by atoms with Crippen LogP contribution in [0, 0.1) is 0 Å².